The highest BCUT2D eigenvalue weighted by Crippen LogP contribution is 2.29. The molecular weight excluding hydrogens is 480 g/mol. The van der Waals surface area contributed by atoms with E-state index < -0.39 is 0 Å². The molecule has 1 N–H and O–H groups in total. The molecule has 2 aromatic heterocycles. The number of carbonyl (C=O) groups excluding carboxylic acids is 1. The molecule has 4 aromatic rings. The molecular formula is C31H41ClN4O. The van der Waals surface area contributed by atoms with Crippen LogP contribution in [-0.4, -0.2) is 58.0 Å². The lowest BCUT2D eigenvalue weighted by Crippen LogP contribution is -2.48. The predicted molar refractivity (Wildman–Crippen MR) is 157 cm³/mol. The van der Waals surface area contributed by atoms with Crippen molar-refractivity contribution >= 4 is 40.1 Å². The molecule has 6 rings (SSSR count). The van der Waals surface area contributed by atoms with Gasteiger partial charge in [0.2, 0.25) is 0 Å². The summed E-state index contributed by atoms with van der Waals surface area (Å²) in [7, 11) is 0. The van der Waals surface area contributed by atoms with Crippen molar-refractivity contribution in [2.45, 2.75) is 52.0 Å². The third-order valence-electron chi connectivity index (χ3n) is 8.09. The first-order valence-electron chi connectivity index (χ1n) is 13.8. The molecule has 0 radical (unpaired) electrons. The molecule has 6 heteroatoms. The average molecular weight is 521 g/mol. The number of halogens is 1. The first-order chi connectivity index (χ1) is 17.7. The molecule has 1 aliphatic heterocycles. The van der Waals surface area contributed by atoms with E-state index in [1.165, 1.54) is 54.9 Å². The van der Waals surface area contributed by atoms with E-state index in [1.54, 1.807) is 0 Å². The molecule has 5 nitrogen and oxygen atoms in total. The topological polar surface area (TPSA) is 44.3 Å². The number of likely N-dealkylation sites (N-methyl/N-ethyl adjacent to an activating group) is 1. The van der Waals surface area contributed by atoms with Gasteiger partial charge in [0.25, 0.3) is 5.91 Å². The maximum atomic E-state index is 13.2. The van der Waals surface area contributed by atoms with Gasteiger partial charge in [0.1, 0.15) is 0 Å². The maximum Gasteiger partial charge on any atom is 0.256 e. The summed E-state index contributed by atoms with van der Waals surface area (Å²) in [5.41, 5.74) is 3.31. The number of fused-ring (bicyclic) bond motifs is 2. The number of H-pyrrole nitrogens is 1. The Balaban J connectivity index is 0.000000269. The summed E-state index contributed by atoms with van der Waals surface area (Å²) in [6, 6.07) is 18.7. The number of amides is 1. The number of aromatic nitrogens is 2. The Labute approximate surface area is 227 Å². The molecule has 0 spiro atoms. The highest BCUT2D eigenvalue weighted by atomic mass is 35.5. The van der Waals surface area contributed by atoms with Crippen LogP contribution < -0.4 is 0 Å². The van der Waals surface area contributed by atoms with E-state index >= 15 is 0 Å². The zero-order chi connectivity index (χ0) is 24.7. The lowest BCUT2D eigenvalue weighted by molar-refractivity contribution is 0.0645. The Kier molecular flexibility index (Phi) is 9.70. The van der Waals surface area contributed by atoms with E-state index in [0.29, 0.717) is 0 Å². The number of hydrogen-bond donors (Lipinski definition) is 1. The number of nitrogens with zero attached hydrogens (tertiary/aromatic N) is 3. The van der Waals surface area contributed by atoms with E-state index in [2.05, 4.69) is 70.0 Å². The Bertz CT molecular complexity index is 1230. The molecule has 0 unspecified atom stereocenters. The smallest absolute Gasteiger partial charge is 0.256 e. The van der Waals surface area contributed by atoms with Crippen LogP contribution in [0.2, 0.25) is 0 Å². The van der Waals surface area contributed by atoms with Gasteiger partial charge in [-0.2, -0.15) is 0 Å². The second-order valence-electron chi connectivity index (χ2n) is 10.3. The molecule has 3 heterocycles. The van der Waals surface area contributed by atoms with Gasteiger partial charge in [-0.1, -0.05) is 75.4 Å². The van der Waals surface area contributed by atoms with Gasteiger partial charge in [0.15, 0.2) is 0 Å². The van der Waals surface area contributed by atoms with Gasteiger partial charge in [0.05, 0.1) is 5.56 Å². The fourth-order valence-corrected chi connectivity index (χ4v) is 5.83. The molecule has 2 fully saturated rings. The molecule has 1 amide bonds. The SMILES string of the molecule is CCN1CCN(C(=O)c2cn(CCC3CCCCC3)c3ccccc23)CC1.Cl.c1ccc2[nH]ccc2c1. The summed E-state index contributed by atoms with van der Waals surface area (Å²) >= 11 is 0. The summed E-state index contributed by atoms with van der Waals surface area (Å²) in [6.45, 7) is 7.95. The first kappa shape index (κ1) is 27.3. The van der Waals surface area contributed by atoms with Crippen molar-refractivity contribution in [3.8, 4) is 0 Å². The molecule has 37 heavy (non-hydrogen) atoms. The highest BCUT2D eigenvalue weighted by Gasteiger charge is 2.24. The van der Waals surface area contributed by atoms with Crippen LogP contribution in [0.15, 0.2) is 67.0 Å². The standard InChI is InChI=1S/C23H33N3O.C8H7N.ClH/c1-2-24-14-16-25(17-15-24)23(27)21-18-26(22-11-7-6-10-20(21)22)13-12-19-8-4-3-5-9-19;1-2-4-8-7(3-1)5-6-9-8;/h6-7,10-11,18-19H,2-5,8-9,12-17H2,1H3;1-6,9H;1H. The van der Waals surface area contributed by atoms with Crippen LogP contribution >= 0.6 is 12.4 Å². The van der Waals surface area contributed by atoms with Crippen molar-refractivity contribution < 1.29 is 4.79 Å². The third-order valence-corrected chi connectivity index (χ3v) is 8.09. The fraction of sp³-hybridized carbons (Fsp3) is 0.452. The van der Waals surface area contributed by atoms with Gasteiger partial charge >= 0.3 is 0 Å². The number of nitrogens with one attached hydrogen (secondary N) is 1. The van der Waals surface area contributed by atoms with Crippen LogP contribution in [0, 0.1) is 5.92 Å². The van der Waals surface area contributed by atoms with Crippen molar-refractivity contribution in [2.24, 2.45) is 5.92 Å². The molecule has 0 atom stereocenters. The van der Waals surface area contributed by atoms with E-state index in [1.807, 2.05) is 23.2 Å². The zero-order valence-electron chi connectivity index (χ0n) is 22.1. The second-order valence-corrected chi connectivity index (χ2v) is 10.3. The lowest BCUT2D eigenvalue weighted by Gasteiger charge is -2.34. The molecule has 2 aliphatic rings. The number of para-hydroxylation sites is 2. The van der Waals surface area contributed by atoms with E-state index in [-0.39, 0.29) is 18.3 Å². The summed E-state index contributed by atoms with van der Waals surface area (Å²) in [5.74, 6) is 1.07. The number of aromatic amines is 1. The molecule has 198 valence electrons. The predicted octanol–water partition coefficient (Wildman–Crippen LogP) is 6.98. The quantitative estimate of drug-likeness (QED) is 0.308. The Morgan fingerprint density at radius 3 is 2.41 bits per heavy atom. The van der Waals surface area contributed by atoms with Gasteiger partial charge < -0.3 is 19.4 Å². The Morgan fingerprint density at radius 2 is 1.65 bits per heavy atom. The van der Waals surface area contributed by atoms with Crippen LogP contribution in [0.1, 0.15) is 55.8 Å². The number of hydrogen-bond acceptors (Lipinski definition) is 2. The van der Waals surface area contributed by atoms with E-state index in [0.717, 1.165) is 56.1 Å². The van der Waals surface area contributed by atoms with E-state index in [4.69, 9.17) is 0 Å². The first-order valence-corrected chi connectivity index (χ1v) is 13.8. The van der Waals surface area contributed by atoms with Gasteiger partial charge in [-0.3, -0.25) is 4.79 Å². The average Bonchev–Trinajstić information content (AvgIpc) is 3.57. The third kappa shape index (κ3) is 6.58. The molecule has 1 saturated heterocycles. The van der Waals surface area contributed by atoms with Crippen molar-refractivity contribution in [2.75, 3.05) is 32.7 Å². The fourth-order valence-electron chi connectivity index (χ4n) is 5.83. The monoisotopic (exact) mass is 520 g/mol. The van der Waals surface area contributed by atoms with Gasteiger partial charge in [-0.05, 0) is 42.5 Å². The second kappa shape index (κ2) is 13.2. The van der Waals surface area contributed by atoms with Crippen molar-refractivity contribution in [1.82, 2.24) is 19.4 Å². The minimum atomic E-state index is 0. The number of piperazine rings is 1. The summed E-state index contributed by atoms with van der Waals surface area (Å²) in [4.78, 5) is 20.8. The highest BCUT2D eigenvalue weighted by molar-refractivity contribution is 6.07. The van der Waals surface area contributed by atoms with Crippen molar-refractivity contribution in [3.05, 3.63) is 72.6 Å². The number of benzene rings is 2. The molecule has 1 aliphatic carbocycles. The van der Waals surface area contributed by atoms with Crippen LogP contribution in [0.25, 0.3) is 21.8 Å². The van der Waals surface area contributed by atoms with Crippen molar-refractivity contribution in [1.29, 1.82) is 0 Å². The normalized spacial score (nSPS) is 16.8. The van der Waals surface area contributed by atoms with Crippen LogP contribution in [0.3, 0.4) is 0 Å². The largest absolute Gasteiger partial charge is 0.361 e. The summed E-state index contributed by atoms with van der Waals surface area (Å²) in [6.07, 6.45) is 12.3. The minimum Gasteiger partial charge on any atom is -0.361 e. The number of aryl methyl sites for hydroxylation is 1. The minimum absolute atomic E-state index is 0. The van der Waals surface area contributed by atoms with Crippen LogP contribution in [0.5, 0.6) is 0 Å². The Morgan fingerprint density at radius 1 is 0.919 bits per heavy atom. The molecule has 1 saturated carbocycles. The number of rotatable bonds is 5. The van der Waals surface area contributed by atoms with Crippen LogP contribution in [0.4, 0.5) is 0 Å². The van der Waals surface area contributed by atoms with Crippen molar-refractivity contribution in [3.63, 3.8) is 0 Å². The van der Waals surface area contributed by atoms with Crippen LogP contribution in [-0.2, 0) is 6.54 Å². The molecule has 2 aromatic carbocycles. The maximum absolute atomic E-state index is 13.2. The Hall–Kier alpha value is -2.76. The van der Waals surface area contributed by atoms with Gasteiger partial charge in [-0.25, -0.2) is 0 Å². The number of carbonyl (C=O) groups is 1. The molecule has 0 bridgehead atoms. The summed E-state index contributed by atoms with van der Waals surface area (Å²) in [5, 5.41) is 2.39. The van der Waals surface area contributed by atoms with Gasteiger partial charge in [-0.15, -0.1) is 12.4 Å². The zero-order valence-corrected chi connectivity index (χ0v) is 22.9. The summed E-state index contributed by atoms with van der Waals surface area (Å²) < 4.78 is 2.33. The van der Waals surface area contributed by atoms with E-state index in [9.17, 15) is 4.79 Å². The van der Waals surface area contributed by atoms with Gasteiger partial charge in [0, 0.05) is 61.5 Å². The lowest BCUT2D eigenvalue weighted by atomic mass is 9.87.